The van der Waals surface area contributed by atoms with Crippen LogP contribution in [0.3, 0.4) is 0 Å². The maximum atomic E-state index is 12.9. The third-order valence-corrected chi connectivity index (χ3v) is 6.28. The first-order valence-electron chi connectivity index (χ1n) is 8.29. The molecule has 2 rings (SSSR count). The summed E-state index contributed by atoms with van der Waals surface area (Å²) >= 11 is 0. The fourth-order valence-corrected chi connectivity index (χ4v) is 4.04. The highest BCUT2D eigenvalue weighted by Gasteiger charge is 2.47. The molecule has 3 nitrogen and oxygen atoms in total. The lowest BCUT2D eigenvalue weighted by atomic mass is 9.60. The van der Waals surface area contributed by atoms with E-state index in [1.54, 1.807) is 0 Å². The number of nitrogens with zero attached hydrogens (tertiary/aromatic N) is 1. The lowest BCUT2D eigenvalue weighted by Gasteiger charge is -2.47. The number of likely N-dealkylation sites (tertiary alicyclic amines) is 1. The van der Waals surface area contributed by atoms with Crippen LogP contribution in [0, 0.1) is 29.1 Å². The molecule has 116 valence electrons. The van der Waals surface area contributed by atoms with Gasteiger partial charge in [-0.1, -0.05) is 34.6 Å². The van der Waals surface area contributed by atoms with Crippen LogP contribution in [0.1, 0.15) is 53.9 Å². The number of hydrogen-bond donors (Lipinski definition) is 1. The van der Waals surface area contributed by atoms with Crippen LogP contribution in [0.15, 0.2) is 0 Å². The summed E-state index contributed by atoms with van der Waals surface area (Å²) in [4.78, 5) is 15.0. The molecule has 1 heterocycles. The van der Waals surface area contributed by atoms with Crippen LogP contribution in [-0.2, 0) is 4.79 Å². The van der Waals surface area contributed by atoms with Crippen LogP contribution in [-0.4, -0.2) is 29.9 Å². The first kappa shape index (κ1) is 15.8. The van der Waals surface area contributed by atoms with Crippen LogP contribution in [0.25, 0.3) is 0 Å². The molecule has 0 aromatic carbocycles. The van der Waals surface area contributed by atoms with Crippen molar-refractivity contribution in [3.63, 3.8) is 0 Å². The van der Waals surface area contributed by atoms with Gasteiger partial charge in [-0.05, 0) is 42.4 Å². The molecule has 1 saturated carbocycles. The number of carbonyl (C=O) groups is 1. The van der Waals surface area contributed by atoms with Crippen LogP contribution in [0.5, 0.6) is 0 Å². The Morgan fingerprint density at radius 2 is 1.90 bits per heavy atom. The zero-order chi connectivity index (χ0) is 15.1. The second-order valence-electron chi connectivity index (χ2n) is 7.98. The molecule has 1 aliphatic carbocycles. The van der Waals surface area contributed by atoms with Crippen molar-refractivity contribution in [3.05, 3.63) is 0 Å². The average molecular weight is 280 g/mol. The lowest BCUT2D eigenvalue weighted by molar-refractivity contribution is -0.142. The molecule has 2 aliphatic rings. The Balaban J connectivity index is 2.06. The SMILES string of the molecule is CC(C)C1CCN(C(=O)C2CCC(N)C(C)C2(C)C)C1. The van der Waals surface area contributed by atoms with E-state index in [-0.39, 0.29) is 17.4 Å². The van der Waals surface area contributed by atoms with E-state index >= 15 is 0 Å². The molecule has 4 unspecified atom stereocenters. The van der Waals surface area contributed by atoms with E-state index in [2.05, 4.69) is 39.5 Å². The first-order chi connectivity index (χ1) is 9.25. The summed E-state index contributed by atoms with van der Waals surface area (Å²) in [6, 6.07) is 0.246. The smallest absolute Gasteiger partial charge is 0.226 e. The Labute approximate surface area is 124 Å². The van der Waals surface area contributed by atoms with Crippen molar-refractivity contribution in [2.45, 2.75) is 59.9 Å². The van der Waals surface area contributed by atoms with E-state index < -0.39 is 0 Å². The molecule has 1 amide bonds. The van der Waals surface area contributed by atoms with E-state index in [0.717, 1.165) is 25.9 Å². The summed E-state index contributed by atoms with van der Waals surface area (Å²) in [7, 11) is 0. The molecule has 1 aliphatic heterocycles. The zero-order valence-corrected chi connectivity index (χ0v) is 13.9. The van der Waals surface area contributed by atoms with Crippen molar-refractivity contribution in [2.24, 2.45) is 34.8 Å². The Kier molecular flexibility index (Phi) is 4.48. The summed E-state index contributed by atoms with van der Waals surface area (Å²) in [6.45, 7) is 13.1. The molecule has 20 heavy (non-hydrogen) atoms. The summed E-state index contributed by atoms with van der Waals surface area (Å²) in [6.07, 6.45) is 3.12. The topological polar surface area (TPSA) is 46.3 Å². The van der Waals surface area contributed by atoms with Crippen molar-refractivity contribution >= 4 is 5.91 Å². The standard InChI is InChI=1S/C17H32N2O/c1-11(2)13-8-9-19(10-13)16(20)14-6-7-15(18)12(3)17(14,4)5/h11-15H,6-10,18H2,1-5H3. The minimum atomic E-state index is 0.0185. The normalized spacial score (nSPS) is 37.5. The number of amides is 1. The second-order valence-corrected chi connectivity index (χ2v) is 7.98. The van der Waals surface area contributed by atoms with E-state index in [4.69, 9.17) is 5.73 Å². The summed E-state index contributed by atoms with van der Waals surface area (Å²) in [5.41, 5.74) is 6.23. The van der Waals surface area contributed by atoms with Gasteiger partial charge in [-0.2, -0.15) is 0 Å². The quantitative estimate of drug-likeness (QED) is 0.845. The average Bonchev–Trinajstić information content (AvgIpc) is 2.85. The van der Waals surface area contributed by atoms with E-state index in [0.29, 0.717) is 23.7 Å². The molecular formula is C17H32N2O. The number of nitrogens with two attached hydrogens (primary N) is 1. The zero-order valence-electron chi connectivity index (χ0n) is 13.9. The van der Waals surface area contributed by atoms with Crippen molar-refractivity contribution < 1.29 is 4.79 Å². The predicted octanol–water partition coefficient (Wildman–Crippen LogP) is 2.89. The van der Waals surface area contributed by atoms with Gasteiger partial charge < -0.3 is 10.6 Å². The third-order valence-electron chi connectivity index (χ3n) is 6.28. The minimum absolute atomic E-state index is 0.0185. The van der Waals surface area contributed by atoms with Crippen molar-refractivity contribution in [3.8, 4) is 0 Å². The lowest BCUT2D eigenvalue weighted by Crippen LogP contribution is -2.52. The van der Waals surface area contributed by atoms with Crippen LogP contribution >= 0.6 is 0 Å². The Hall–Kier alpha value is -0.570. The number of rotatable bonds is 2. The first-order valence-corrected chi connectivity index (χ1v) is 8.29. The van der Waals surface area contributed by atoms with Crippen molar-refractivity contribution in [2.75, 3.05) is 13.1 Å². The molecule has 0 bridgehead atoms. The predicted molar refractivity (Wildman–Crippen MR) is 83.2 cm³/mol. The molecule has 2 fully saturated rings. The Bertz CT molecular complexity index is 364. The number of carbonyl (C=O) groups excluding carboxylic acids is 1. The highest BCUT2D eigenvalue weighted by molar-refractivity contribution is 5.80. The van der Waals surface area contributed by atoms with Gasteiger partial charge in [-0.25, -0.2) is 0 Å². The fraction of sp³-hybridized carbons (Fsp3) is 0.941. The summed E-state index contributed by atoms with van der Waals surface area (Å²) in [5.74, 6) is 2.32. The third kappa shape index (κ3) is 2.74. The molecule has 0 aromatic rings. The Morgan fingerprint density at radius 1 is 1.25 bits per heavy atom. The maximum Gasteiger partial charge on any atom is 0.226 e. The largest absolute Gasteiger partial charge is 0.342 e. The van der Waals surface area contributed by atoms with E-state index in [1.807, 2.05) is 0 Å². The van der Waals surface area contributed by atoms with Crippen molar-refractivity contribution in [1.29, 1.82) is 0 Å². The monoisotopic (exact) mass is 280 g/mol. The summed E-state index contributed by atoms with van der Waals surface area (Å²) < 4.78 is 0. The fourth-order valence-electron chi connectivity index (χ4n) is 4.04. The van der Waals surface area contributed by atoms with Gasteiger partial charge in [0.15, 0.2) is 0 Å². The Morgan fingerprint density at radius 3 is 2.45 bits per heavy atom. The van der Waals surface area contributed by atoms with Crippen molar-refractivity contribution in [1.82, 2.24) is 4.90 Å². The molecule has 0 spiro atoms. The van der Waals surface area contributed by atoms with Gasteiger partial charge >= 0.3 is 0 Å². The molecule has 4 atom stereocenters. The van der Waals surface area contributed by atoms with E-state index in [1.165, 1.54) is 6.42 Å². The van der Waals surface area contributed by atoms with Crippen LogP contribution in [0.4, 0.5) is 0 Å². The van der Waals surface area contributed by atoms with Crippen LogP contribution in [0.2, 0.25) is 0 Å². The molecule has 1 saturated heterocycles. The highest BCUT2D eigenvalue weighted by atomic mass is 16.2. The summed E-state index contributed by atoms with van der Waals surface area (Å²) in [5, 5.41) is 0. The number of hydrogen-bond acceptors (Lipinski definition) is 2. The maximum absolute atomic E-state index is 12.9. The van der Waals surface area contributed by atoms with Gasteiger partial charge in [-0.3, -0.25) is 4.79 Å². The highest BCUT2D eigenvalue weighted by Crippen LogP contribution is 2.45. The van der Waals surface area contributed by atoms with Gasteiger partial charge in [-0.15, -0.1) is 0 Å². The van der Waals surface area contributed by atoms with Gasteiger partial charge in [0.1, 0.15) is 0 Å². The minimum Gasteiger partial charge on any atom is -0.342 e. The van der Waals surface area contributed by atoms with Gasteiger partial charge in [0.2, 0.25) is 5.91 Å². The molecule has 3 heteroatoms. The van der Waals surface area contributed by atoms with Gasteiger partial charge in [0, 0.05) is 25.0 Å². The second kappa shape index (κ2) is 5.67. The van der Waals surface area contributed by atoms with E-state index in [9.17, 15) is 4.79 Å². The molecule has 2 N–H and O–H groups in total. The van der Waals surface area contributed by atoms with Crippen LogP contribution < -0.4 is 5.73 Å². The molecule has 0 aromatic heterocycles. The molecule has 0 radical (unpaired) electrons. The van der Waals surface area contributed by atoms with Gasteiger partial charge in [0.05, 0.1) is 0 Å². The molecular weight excluding hydrogens is 248 g/mol. The van der Waals surface area contributed by atoms with Gasteiger partial charge in [0.25, 0.3) is 0 Å².